The monoisotopic (exact) mass is 554 g/mol. The molecule has 2 aromatic rings. The minimum absolute atomic E-state index is 0. The van der Waals surface area contributed by atoms with E-state index in [1.54, 1.807) is 28.4 Å². The van der Waals surface area contributed by atoms with E-state index in [9.17, 15) is 0 Å². The van der Waals surface area contributed by atoms with Gasteiger partial charge in [0.2, 0.25) is 5.75 Å². The van der Waals surface area contributed by atoms with Gasteiger partial charge in [0.05, 0.1) is 21.3 Å². The summed E-state index contributed by atoms with van der Waals surface area (Å²) in [6, 6.07) is 13.0. The van der Waals surface area contributed by atoms with E-state index in [-0.39, 0.29) is 24.0 Å². The smallest absolute Gasteiger partial charge is 0.203 e. The van der Waals surface area contributed by atoms with Gasteiger partial charge < -0.3 is 24.8 Å². The van der Waals surface area contributed by atoms with Crippen LogP contribution in [0.15, 0.2) is 41.4 Å². The second-order valence-electron chi connectivity index (χ2n) is 7.68. The first-order chi connectivity index (χ1) is 15.1. The molecule has 1 heterocycles. The van der Waals surface area contributed by atoms with E-state index in [4.69, 9.17) is 14.2 Å². The number of hydrogen-bond donors (Lipinski definition) is 2. The average Bonchev–Trinajstić information content (AvgIpc) is 2.82. The van der Waals surface area contributed by atoms with Crippen LogP contribution in [0.5, 0.6) is 17.2 Å². The third kappa shape index (κ3) is 6.41. The third-order valence-electron chi connectivity index (χ3n) is 5.76. The number of methoxy groups -OCH3 is 3. The van der Waals surface area contributed by atoms with Crippen molar-refractivity contribution in [3.05, 3.63) is 53.1 Å². The largest absolute Gasteiger partial charge is 0.493 e. The summed E-state index contributed by atoms with van der Waals surface area (Å²) in [5, 5.41) is 6.82. The van der Waals surface area contributed by atoms with Gasteiger partial charge in [-0.3, -0.25) is 9.89 Å². The van der Waals surface area contributed by atoms with Crippen molar-refractivity contribution in [3.63, 3.8) is 0 Å². The fourth-order valence-corrected chi connectivity index (χ4v) is 3.91. The van der Waals surface area contributed by atoms with Gasteiger partial charge in [-0.25, -0.2) is 0 Å². The van der Waals surface area contributed by atoms with Gasteiger partial charge >= 0.3 is 0 Å². The molecule has 1 aliphatic rings. The Kier molecular flexibility index (Phi) is 10.4. The number of fused-ring (bicyclic) bond motifs is 1. The van der Waals surface area contributed by atoms with Crippen LogP contribution in [0.1, 0.15) is 23.6 Å². The fraction of sp³-hybridized carbons (Fsp3) is 0.458. The molecular weight excluding hydrogens is 519 g/mol. The molecule has 0 spiro atoms. The first kappa shape index (κ1) is 26.1. The molecule has 2 N–H and O–H groups in total. The molecule has 0 aromatic heterocycles. The highest BCUT2D eigenvalue weighted by atomic mass is 127. The molecule has 1 aliphatic heterocycles. The normalized spacial score (nSPS) is 14.6. The van der Waals surface area contributed by atoms with Crippen molar-refractivity contribution in [2.75, 3.05) is 41.5 Å². The summed E-state index contributed by atoms with van der Waals surface area (Å²) in [6.07, 6.45) is 1.11. The molecule has 0 aliphatic carbocycles. The van der Waals surface area contributed by atoms with Crippen molar-refractivity contribution in [1.29, 1.82) is 0 Å². The van der Waals surface area contributed by atoms with Crippen LogP contribution in [0.4, 0.5) is 0 Å². The Morgan fingerprint density at radius 1 is 1.03 bits per heavy atom. The lowest BCUT2D eigenvalue weighted by molar-refractivity contribution is 0.191. The Labute approximate surface area is 208 Å². The highest BCUT2D eigenvalue weighted by molar-refractivity contribution is 14.0. The number of nitrogens with zero attached hydrogens (tertiary/aromatic N) is 2. The van der Waals surface area contributed by atoms with E-state index < -0.39 is 0 Å². The van der Waals surface area contributed by atoms with Gasteiger partial charge in [0.15, 0.2) is 17.5 Å². The first-order valence-corrected chi connectivity index (χ1v) is 10.6. The number of aliphatic imine (C=N–C) groups is 1. The molecule has 3 rings (SSSR count). The summed E-state index contributed by atoms with van der Waals surface area (Å²) >= 11 is 0. The van der Waals surface area contributed by atoms with E-state index in [0.29, 0.717) is 29.8 Å². The molecule has 176 valence electrons. The topological polar surface area (TPSA) is 67.4 Å². The van der Waals surface area contributed by atoms with Crippen molar-refractivity contribution in [2.45, 2.75) is 32.5 Å². The van der Waals surface area contributed by atoms with E-state index in [0.717, 1.165) is 37.6 Å². The maximum atomic E-state index is 5.44. The maximum absolute atomic E-state index is 5.44. The van der Waals surface area contributed by atoms with Crippen molar-refractivity contribution in [2.24, 2.45) is 4.99 Å². The number of nitrogens with one attached hydrogen (secondary N) is 2. The Bertz CT molecular complexity index is 882. The summed E-state index contributed by atoms with van der Waals surface area (Å²) in [7, 11) is 6.63. The number of guanidine groups is 1. The number of halogens is 1. The van der Waals surface area contributed by atoms with Gasteiger partial charge in [-0.2, -0.15) is 0 Å². The summed E-state index contributed by atoms with van der Waals surface area (Å²) in [5.74, 6) is 2.63. The van der Waals surface area contributed by atoms with Gasteiger partial charge in [0.25, 0.3) is 0 Å². The Morgan fingerprint density at radius 2 is 1.69 bits per heavy atom. The highest BCUT2D eigenvalue weighted by Gasteiger charge is 2.20. The van der Waals surface area contributed by atoms with Gasteiger partial charge in [-0.1, -0.05) is 24.3 Å². The van der Waals surface area contributed by atoms with Gasteiger partial charge in [0, 0.05) is 39.3 Å². The van der Waals surface area contributed by atoms with Crippen LogP contribution in [0.3, 0.4) is 0 Å². The first-order valence-electron chi connectivity index (χ1n) is 10.6. The van der Waals surface area contributed by atoms with E-state index in [2.05, 4.69) is 51.7 Å². The summed E-state index contributed by atoms with van der Waals surface area (Å²) in [4.78, 5) is 6.88. The van der Waals surface area contributed by atoms with Gasteiger partial charge in [0.1, 0.15) is 0 Å². The standard InChI is InChI=1S/C24H34N4O3.HI/c1-17(28-11-10-19-8-6-7-9-20(19)16-28)14-26-24(25-2)27-15-18-12-21(29-3)23(31-5)22(13-18)30-4;/h6-9,12-13,17H,10-11,14-16H2,1-5H3,(H2,25,26,27);1H. The van der Waals surface area contributed by atoms with Crippen LogP contribution < -0.4 is 24.8 Å². The van der Waals surface area contributed by atoms with Gasteiger partial charge in [-0.05, 0) is 42.2 Å². The van der Waals surface area contributed by atoms with Crippen molar-refractivity contribution >= 4 is 29.9 Å². The molecule has 2 aromatic carbocycles. The summed E-state index contributed by atoms with van der Waals surface area (Å²) in [5.41, 5.74) is 3.92. The predicted molar refractivity (Wildman–Crippen MR) is 140 cm³/mol. The average molecular weight is 554 g/mol. The lowest BCUT2D eigenvalue weighted by Gasteiger charge is -2.34. The van der Waals surface area contributed by atoms with Crippen molar-refractivity contribution in [1.82, 2.24) is 15.5 Å². The maximum Gasteiger partial charge on any atom is 0.203 e. The van der Waals surface area contributed by atoms with Crippen LogP contribution in [-0.4, -0.2) is 58.4 Å². The number of hydrogen-bond acceptors (Lipinski definition) is 5. The highest BCUT2D eigenvalue weighted by Crippen LogP contribution is 2.38. The predicted octanol–water partition coefficient (Wildman–Crippen LogP) is 3.44. The molecule has 1 unspecified atom stereocenters. The quantitative estimate of drug-likeness (QED) is 0.296. The molecule has 0 bridgehead atoms. The molecule has 0 radical (unpaired) electrons. The summed E-state index contributed by atoms with van der Waals surface area (Å²) in [6.45, 7) is 5.74. The van der Waals surface area contributed by atoms with E-state index >= 15 is 0 Å². The number of rotatable bonds is 8. The molecule has 32 heavy (non-hydrogen) atoms. The fourth-order valence-electron chi connectivity index (χ4n) is 3.91. The van der Waals surface area contributed by atoms with Crippen molar-refractivity contribution < 1.29 is 14.2 Å². The molecule has 7 nitrogen and oxygen atoms in total. The van der Waals surface area contributed by atoms with Crippen LogP contribution in [0.25, 0.3) is 0 Å². The lowest BCUT2D eigenvalue weighted by Crippen LogP contribution is -2.47. The van der Waals surface area contributed by atoms with Gasteiger partial charge in [-0.15, -0.1) is 24.0 Å². The van der Waals surface area contributed by atoms with Crippen molar-refractivity contribution in [3.8, 4) is 17.2 Å². The molecule has 1 atom stereocenters. The molecule has 0 fully saturated rings. The summed E-state index contributed by atoms with van der Waals surface area (Å²) < 4.78 is 16.3. The van der Waals surface area contributed by atoms with Crippen LogP contribution in [0, 0.1) is 0 Å². The molecule has 8 heteroatoms. The zero-order chi connectivity index (χ0) is 22.2. The minimum atomic E-state index is 0. The molecule has 0 saturated carbocycles. The molecule has 0 amide bonds. The Hall–Kier alpha value is -2.20. The number of benzene rings is 2. The molecular formula is C24H35IN4O3. The second kappa shape index (κ2) is 12.7. The van der Waals surface area contributed by atoms with Crippen LogP contribution in [0.2, 0.25) is 0 Å². The SMILES string of the molecule is CN=C(NCc1cc(OC)c(OC)c(OC)c1)NCC(C)N1CCc2ccccc2C1.I. The Morgan fingerprint density at radius 3 is 2.28 bits per heavy atom. The minimum Gasteiger partial charge on any atom is -0.493 e. The zero-order valence-corrected chi connectivity index (χ0v) is 21.9. The van der Waals surface area contributed by atoms with Crippen LogP contribution >= 0.6 is 24.0 Å². The lowest BCUT2D eigenvalue weighted by atomic mass is 9.99. The van der Waals surface area contributed by atoms with E-state index in [1.807, 2.05) is 12.1 Å². The number of ether oxygens (including phenoxy) is 3. The zero-order valence-electron chi connectivity index (χ0n) is 19.6. The van der Waals surface area contributed by atoms with Crippen LogP contribution in [-0.2, 0) is 19.5 Å². The second-order valence-corrected chi connectivity index (χ2v) is 7.68. The third-order valence-corrected chi connectivity index (χ3v) is 5.76. The molecule has 0 saturated heterocycles. The van der Waals surface area contributed by atoms with E-state index in [1.165, 1.54) is 11.1 Å². The Balaban J connectivity index is 0.00000363.